The number of urea groups is 1. The first-order valence-electron chi connectivity index (χ1n) is 9.31. The molecule has 1 N–H and O–H groups in total. The second kappa shape index (κ2) is 9.63. The van der Waals surface area contributed by atoms with E-state index in [1.807, 2.05) is 17.0 Å². The minimum Gasteiger partial charge on any atom is -0.372 e. The fourth-order valence-corrected chi connectivity index (χ4v) is 3.06. The van der Waals surface area contributed by atoms with E-state index in [4.69, 9.17) is 0 Å². The summed E-state index contributed by atoms with van der Waals surface area (Å²) in [6, 6.07) is 8.12. The molecule has 6 heteroatoms. The lowest BCUT2D eigenvalue weighted by Crippen LogP contribution is -2.51. The van der Waals surface area contributed by atoms with Crippen molar-refractivity contribution in [2.24, 2.45) is 0 Å². The van der Waals surface area contributed by atoms with Gasteiger partial charge >= 0.3 is 6.03 Å². The molecule has 0 atom stereocenters. The summed E-state index contributed by atoms with van der Waals surface area (Å²) in [6.45, 7) is 11.9. The lowest BCUT2D eigenvalue weighted by Gasteiger charge is -2.35. The largest absolute Gasteiger partial charge is 0.372 e. The minimum absolute atomic E-state index is 0.00264. The molecular weight excluding hydrogens is 314 g/mol. The molecular formula is C19H33N5O. The van der Waals surface area contributed by atoms with E-state index < -0.39 is 0 Å². The second-order valence-corrected chi connectivity index (χ2v) is 6.78. The molecule has 0 radical (unpaired) electrons. The molecule has 2 rings (SSSR count). The Morgan fingerprint density at radius 1 is 1.04 bits per heavy atom. The fraction of sp³-hybridized carbons (Fsp3) is 0.632. The average Bonchev–Trinajstić information content (AvgIpc) is 2.62. The van der Waals surface area contributed by atoms with E-state index in [1.54, 1.807) is 0 Å². The summed E-state index contributed by atoms with van der Waals surface area (Å²) < 4.78 is 0. The van der Waals surface area contributed by atoms with Gasteiger partial charge in [0.25, 0.3) is 0 Å². The Morgan fingerprint density at radius 3 is 2.16 bits per heavy atom. The van der Waals surface area contributed by atoms with Crippen molar-refractivity contribution in [2.45, 2.75) is 13.8 Å². The Morgan fingerprint density at radius 2 is 1.64 bits per heavy atom. The first-order chi connectivity index (χ1) is 12.0. The molecule has 0 spiro atoms. The van der Waals surface area contributed by atoms with Crippen molar-refractivity contribution in [1.82, 2.24) is 14.7 Å². The van der Waals surface area contributed by atoms with Crippen molar-refractivity contribution in [3.8, 4) is 0 Å². The van der Waals surface area contributed by atoms with E-state index >= 15 is 0 Å². The van der Waals surface area contributed by atoms with Crippen LogP contribution in [-0.4, -0.2) is 87.2 Å². The van der Waals surface area contributed by atoms with Crippen molar-refractivity contribution in [1.29, 1.82) is 0 Å². The molecule has 1 aliphatic rings. The maximum absolute atomic E-state index is 12.4. The number of rotatable bonds is 7. The summed E-state index contributed by atoms with van der Waals surface area (Å²) >= 11 is 0. The molecule has 1 heterocycles. The van der Waals surface area contributed by atoms with Crippen LogP contribution < -0.4 is 10.2 Å². The molecule has 0 bridgehead atoms. The zero-order chi connectivity index (χ0) is 18.2. The molecule has 140 valence electrons. The normalized spacial score (nSPS) is 15.5. The number of hydrogen-bond acceptors (Lipinski definition) is 4. The van der Waals surface area contributed by atoms with Gasteiger partial charge in [-0.2, -0.15) is 0 Å². The number of likely N-dealkylation sites (N-methyl/N-ethyl adjacent to an activating group) is 1. The first kappa shape index (κ1) is 19.5. The number of hydrogen-bond donors (Lipinski definition) is 1. The fourth-order valence-electron chi connectivity index (χ4n) is 3.06. The van der Waals surface area contributed by atoms with Gasteiger partial charge in [0, 0.05) is 63.7 Å². The quantitative estimate of drug-likeness (QED) is 0.821. The standard InChI is InChI=1S/C19H33N5O/c1-5-23(6-2)18-9-7-17(8-10-18)20-19(25)24-15-13-22(14-16-24)12-11-21(3)4/h7-10H,5-6,11-16H2,1-4H3,(H,20,25). The maximum Gasteiger partial charge on any atom is 0.321 e. The molecule has 0 saturated carbocycles. The summed E-state index contributed by atoms with van der Waals surface area (Å²) in [7, 11) is 4.18. The van der Waals surface area contributed by atoms with Crippen molar-refractivity contribution in [2.75, 3.05) is 76.7 Å². The maximum atomic E-state index is 12.4. The van der Waals surface area contributed by atoms with Crippen molar-refractivity contribution in [3.63, 3.8) is 0 Å². The third-order valence-electron chi connectivity index (χ3n) is 4.77. The Kier molecular flexibility index (Phi) is 7.52. The number of amides is 2. The molecule has 0 aromatic heterocycles. The monoisotopic (exact) mass is 347 g/mol. The molecule has 1 saturated heterocycles. The minimum atomic E-state index is 0.00264. The summed E-state index contributed by atoms with van der Waals surface area (Å²) in [6.07, 6.45) is 0. The predicted molar refractivity (Wildman–Crippen MR) is 106 cm³/mol. The van der Waals surface area contributed by atoms with Gasteiger partial charge in [0.2, 0.25) is 0 Å². The molecule has 1 aromatic carbocycles. The first-order valence-corrected chi connectivity index (χ1v) is 9.31. The molecule has 0 unspecified atom stereocenters. The zero-order valence-electron chi connectivity index (χ0n) is 16.2. The summed E-state index contributed by atoms with van der Waals surface area (Å²) in [4.78, 5) is 21.3. The van der Waals surface area contributed by atoms with Crippen molar-refractivity contribution >= 4 is 17.4 Å². The SMILES string of the molecule is CCN(CC)c1ccc(NC(=O)N2CCN(CCN(C)C)CC2)cc1. The molecule has 1 aromatic rings. The third kappa shape index (κ3) is 5.90. The second-order valence-electron chi connectivity index (χ2n) is 6.78. The van der Waals surface area contributed by atoms with Crippen LogP contribution in [0, 0.1) is 0 Å². The highest BCUT2D eigenvalue weighted by Crippen LogP contribution is 2.18. The van der Waals surface area contributed by atoms with E-state index in [1.165, 1.54) is 5.69 Å². The van der Waals surface area contributed by atoms with Gasteiger partial charge in [-0.3, -0.25) is 4.90 Å². The van der Waals surface area contributed by atoms with Crippen LogP contribution in [0.1, 0.15) is 13.8 Å². The van der Waals surface area contributed by atoms with Crippen LogP contribution >= 0.6 is 0 Å². The number of carbonyl (C=O) groups excluding carboxylic acids is 1. The van der Waals surface area contributed by atoms with E-state index in [2.05, 4.69) is 60.1 Å². The van der Waals surface area contributed by atoms with Gasteiger partial charge in [-0.25, -0.2) is 4.79 Å². The van der Waals surface area contributed by atoms with Crippen LogP contribution in [0.25, 0.3) is 0 Å². The number of anilines is 2. The topological polar surface area (TPSA) is 42.1 Å². The Bertz CT molecular complexity index is 519. The highest BCUT2D eigenvalue weighted by atomic mass is 16.2. The molecule has 1 aliphatic heterocycles. The highest BCUT2D eigenvalue weighted by Gasteiger charge is 2.20. The molecule has 1 fully saturated rings. The number of benzene rings is 1. The third-order valence-corrected chi connectivity index (χ3v) is 4.77. The van der Waals surface area contributed by atoms with Crippen molar-refractivity contribution in [3.05, 3.63) is 24.3 Å². The van der Waals surface area contributed by atoms with Crippen LogP contribution in [0.4, 0.5) is 16.2 Å². The number of nitrogens with zero attached hydrogens (tertiary/aromatic N) is 4. The summed E-state index contributed by atoms with van der Waals surface area (Å²) in [5.41, 5.74) is 2.05. The number of nitrogens with one attached hydrogen (secondary N) is 1. The van der Waals surface area contributed by atoms with E-state index in [9.17, 15) is 4.79 Å². The molecule has 0 aliphatic carbocycles. The summed E-state index contributed by atoms with van der Waals surface area (Å²) in [5, 5.41) is 3.02. The lowest BCUT2D eigenvalue weighted by molar-refractivity contribution is 0.140. The van der Waals surface area contributed by atoms with E-state index in [0.29, 0.717) is 0 Å². The van der Waals surface area contributed by atoms with Crippen LogP contribution in [0.2, 0.25) is 0 Å². The number of carbonyl (C=O) groups is 1. The Balaban J connectivity index is 1.80. The molecule has 25 heavy (non-hydrogen) atoms. The average molecular weight is 348 g/mol. The van der Waals surface area contributed by atoms with Crippen molar-refractivity contribution < 1.29 is 4.79 Å². The van der Waals surface area contributed by atoms with Crippen LogP contribution in [0.3, 0.4) is 0 Å². The van der Waals surface area contributed by atoms with Gasteiger partial charge in [-0.05, 0) is 52.2 Å². The van der Waals surface area contributed by atoms with Gasteiger partial charge in [-0.1, -0.05) is 0 Å². The molecule has 6 nitrogen and oxygen atoms in total. The molecule has 2 amide bonds. The predicted octanol–water partition coefficient (Wildman–Crippen LogP) is 2.24. The zero-order valence-corrected chi connectivity index (χ0v) is 16.2. The van der Waals surface area contributed by atoms with Gasteiger partial charge < -0.3 is 20.0 Å². The van der Waals surface area contributed by atoms with Gasteiger partial charge in [0.05, 0.1) is 0 Å². The number of piperazine rings is 1. The van der Waals surface area contributed by atoms with Gasteiger partial charge in [0.15, 0.2) is 0 Å². The van der Waals surface area contributed by atoms with Crippen LogP contribution in [0.15, 0.2) is 24.3 Å². The Labute approximate surface area is 152 Å². The van der Waals surface area contributed by atoms with Gasteiger partial charge in [0.1, 0.15) is 0 Å². The van der Waals surface area contributed by atoms with Crippen LogP contribution in [-0.2, 0) is 0 Å². The Hall–Kier alpha value is -1.79. The van der Waals surface area contributed by atoms with E-state index in [-0.39, 0.29) is 6.03 Å². The lowest BCUT2D eigenvalue weighted by atomic mass is 10.2. The van der Waals surface area contributed by atoms with Crippen LogP contribution in [0.5, 0.6) is 0 Å². The summed E-state index contributed by atoms with van der Waals surface area (Å²) in [5.74, 6) is 0. The van der Waals surface area contributed by atoms with Gasteiger partial charge in [-0.15, -0.1) is 0 Å². The van der Waals surface area contributed by atoms with E-state index in [0.717, 1.165) is 58.0 Å². The smallest absolute Gasteiger partial charge is 0.321 e. The highest BCUT2D eigenvalue weighted by molar-refractivity contribution is 5.89.